The Morgan fingerprint density at radius 2 is 1.61 bits per heavy atom. The molecule has 1 aliphatic heterocycles. The van der Waals surface area contributed by atoms with E-state index in [1.54, 1.807) is 42.5 Å². The van der Waals surface area contributed by atoms with Gasteiger partial charge in [-0.15, -0.1) is 0 Å². The van der Waals surface area contributed by atoms with Crippen molar-refractivity contribution in [3.8, 4) is 0 Å². The van der Waals surface area contributed by atoms with Gasteiger partial charge in [0, 0.05) is 11.1 Å². The zero-order valence-corrected chi connectivity index (χ0v) is 15.6. The molecule has 1 aromatic heterocycles. The molecule has 28 heavy (non-hydrogen) atoms. The number of hydrogen-bond acceptors (Lipinski definition) is 4. The third-order valence-corrected chi connectivity index (χ3v) is 4.92. The molecule has 4 rings (SSSR count). The molecule has 1 fully saturated rings. The Bertz CT molecular complexity index is 972. The Kier molecular flexibility index (Phi) is 5.35. The van der Waals surface area contributed by atoms with Crippen molar-refractivity contribution in [3.63, 3.8) is 0 Å². The van der Waals surface area contributed by atoms with Gasteiger partial charge in [0.15, 0.2) is 11.5 Å². The number of rotatable bonds is 6. The van der Waals surface area contributed by atoms with Crippen LogP contribution in [0.2, 0.25) is 0 Å². The lowest BCUT2D eigenvalue weighted by Crippen LogP contribution is -2.18. The number of furan rings is 1. The number of nitrogens with one attached hydrogen (secondary N) is 1. The predicted octanol–water partition coefficient (Wildman–Crippen LogP) is 4.36. The number of amides is 1. The van der Waals surface area contributed by atoms with Gasteiger partial charge < -0.3 is 9.73 Å². The lowest BCUT2D eigenvalue weighted by molar-refractivity contribution is 0.0993. The summed E-state index contributed by atoms with van der Waals surface area (Å²) in [4.78, 5) is 27.8. The number of para-hydroxylation sites is 1. The molecule has 1 amide bonds. The van der Waals surface area contributed by atoms with Gasteiger partial charge in [-0.2, -0.15) is 0 Å². The molecule has 1 saturated heterocycles. The molecule has 2 heterocycles. The van der Waals surface area contributed by atoms with E-state index in [-0.39, 0.29) is 17.5 Å². The molecule has 0 spiro atoms. The van der Waals surface area contributed by atoms with Gasteiger partial charge in [-0.25, -0.2) is 0 Å². The van der Waals surface area contributed by atoms with Crippen molar-refractivity contribution in [1.29, 1.82) is 0 Å². The highest BCUT2D eigenvalue weighted by Gasteiger charge is 2.19. The molecule has 0 radical (unpaired) electrons. The number of likely N-dealkylation sites (tertiary alicyclic amines) is 1. The molecule has 5 nitrogen and oxygen atoms in total. The van der Waals surface area contributed by atoms with E-state index in [0.29, 0.717) is 16.8 Å². The number of nitrogens with zero attached hydrogens (tertiary/aromatic N) is 1. The maximum Gasteiger partial charge on any atom is 0.291 e. The van der Waals surface area contributed by atoms with Gasteiger partial charge in [-0.1, -0.05) is 42.5 Å². The maximum absolute atomic E-state index is 12.8. The van der Waals surface area contributed by atoms with E-state index in [4.69, 9.17) is 4.42 Å². The Labute approximate surface area is 164 Å². The minimum Gasteiger partial charge on any atom is -0.455 e. The first-order chi connectivity index (χ1) is 13.7. The molecule has 0 aliphatic carbocycles. The van der Waals surface area contributed by atoms with Crippen LogP contribution in [0.4, 0.5) is 5.69 Å². The van der Waals surface area contributed by atoms with Crippen LogP contribution in [-0.4, -0.2) is 29.7 Å². The Morgan fingerprint density at radius 3 is 2.39 bits per heavy atom. The molecule has 0 unspecified atom stereocenters. The van der Waals surface area contributed by atoms with Crippen LogP contribution in [0, 0.1) is 0 Å². The second kappa shape index (κ2) is 8.23. The Morgan fingerprint density at radius 1 is 0.893 bits per heavy atom. The fourth-order valence-corrected chi connectivity index (χ4v) is 3.47. The second-order valence-corrected chi connectivity index (χ2v) is 6.94. The number of benzene rings is 2. The molecule has 0 saturated carbocycles. The van der Waals surface area contributed by atoms with Crippen LogP contribution in [0.25, 0.3) is 0 Å². The van der Waals surface area contributed by atoms with Crippen LogP contribution in [0.3, 0.4) is 0 Å². The quantitative estimate of drug-likeness (QED) is 0.651. The summed E-state index contributed by atoms with van der Waals surface area (Å²) in [7, 11) is 0. The summed E-state index contributed by atoms with van der Waals surface area (Å²) < 4.78 is 5.73. The fourth-order valence-electron chi connectivity index (χ4n) is 3.47. The summed E-state index contributed by atoms with van der Waals surface area (Å²) >= 11 is 0. The third-order valence-electron chi connectivity index (χ3n) is 4.92. The maximum atomic E-state index is 12.8. The zero-order chi connectivity index (χ0) is 19.3. The molecule has 3 aromatic rings. The highest BCUT2D eigenvalue weighted by atomic mass is 16.4. The summed E-state index contributed by atoms with van der Waals surface area (Å²) in [5, 5.41) is 2.82. The standard InChI is InChI=1S/C23H22N2O3/c26-22(17-8-2-1-3-9-17)19-10-4-5-11-20(19)24-23(27)21-13-12-18(28-21)16-25-14-6-7-15-25/h1-5,8-13H,6-7,14-16H2,(H,24,27). The second-order valence-electron chi connectivity index (χ2n) is 6.94. The van der Waals surface area contributed by atoms with Crippen molar-refractivity contribution in [2.75, 3.05) is 18.4 Å². The molecular formula is C23H22N2O3. The van der Waals surface area contributed by atoms with E-state index in [2.05, 4.69) is 10.2 Å². The van der Waals surface area contributed by atoms with E-state index < -0.39 is 0 Å². The lowest BCUT2D eigenvalue weighted by Gasteiger charge is -2.12. The minimum absolute atomic E-state index is 0.134. The minimum atomic E-state index is -0.360. The number of hydrogen-bond donors (Lipinski definition) is 1. The number of ketones is 1. The average Bonchev–Trinajstić information content (AvgIpc) is 3.41. The Hall–Kier alpha value is -3.18. The summed E-state index contributed by atoms with van der Waals surface area (Å²) in [6.07, 6.45) is 2.42. The summed E-state index contributed by atoms with van der Waals surface area (Å²) in [5.74, 6) is 0.531. The first kappa shape index (κ1) is 18.2. The van der Waals surface area contributed by atoms with Crippen LogP contribution in [0.5, 0.6) is 0 Å². The molecule has 2 aromatic carbocycles. The summed E-state index contributed by atoms with van der Waals surface area (Å²) in [6, 6.07) is 19.6. The van der Waals surface area contributed by atoms with Crippen molar-refractivity contribution in [1.82, 2.24) is 4.90 Å². The van der Waals surface area contributed by atoms with E-state index in [9.17, 15) is 9.59 Å². The van der Waals surface area contributed by atoms with Crippen molar-refractivity contribution in [2.45, 2.75) is 19.4 Å². The van der Waals surface area contributed by atoms with Gasteiger partial charge in [-0.05, 0) is 50.2 Å². The lowest BCUT2D eigenvalue weighted by atomic mass is 10.0. The average molecular weight is 374 g/mol. The summed E-state index contributed by atoms with van der Waals surface area (Å²) in [5.41, 5.74) is 1.50. The smallest absolute Gasteiger partial charge is 0.291 e. The van der Waals surface area contributed by atoms with Crippen LogP contribution >= 0.6 is 0 Å². The van der Waals surface area contributed by atoms with E-state index in [1.165, 1.54) is 12.8 Å². The highest BCUT2D eigenvalue weighted by molar-refractivity contribution is 6.14. The molecule has 1 aliphatic rings. The van der Waals surface area contributed by atoms with Gasteiger partial charge in [0.1, 0.15) is 5.76 Å². The monoisotopic (exact) mass is 374 g/mol. The molecule has 0 atom stereocenters. The number of carbonyl (C=O) groups is 2. The molecule has 1 N–H and O–H groups in total. The topological polar surface area (TPSA) is 62.6 Å². The van der Waals surface area contributed by atoms with Crippen molar-refractivity contribution < 1.29 is 14.0 Å². The normalized spacial score (nSPS) is 14.1. The molecular weight excluding hydrogens is 352 g/mol. The van der Waals surface area contributed by atoms with Gasteiger partial charge in [0.25, 0.3) is 5.91 Å². The van der Waals surface area contributed by atoms with Crippen LogP contribution in [0.1, 0.15) is 45.1 Å². The van der Waals surface area contributed by atoms with Gasteiger partial charge >= 0.3 is 0 Å². The van der Waals surface area contributed by atoms with Gasteiger partial charge in [-0.3, -0.25) is 14.5 Å². The first-order valence-corrected chi connectivity index (χ1v) is 9.52. The predicted molar refractivity (Wildman–Crippen MR) is 107 cm³/mol. The van der Waals surface area contributed by atoms with E-state index >= 15 is 0 Å². The van der Waals surface area contributed by atoms with Crippen LogP contribution in [0.15, 0.2) is 71.1 Å². The molecule has 142 valence electrons. The zero-order valence-electron chi connectivity index (χ0n) is 15.6. The van der Waals surface area contributed by atoms with Crippen LogP contribution in [-0.2, 0) is 6.54 Å². The van der Waals surface area contributed by atoms with E-state index in [0.717, 1.165) is 25.4 Å². The number of carbonyl (C=O) groups excluding carboxylic acids is 2. The van der Waals surface area contributed by atoms with E-state index in [1.807, 2.05) is 24.3 Å². The number of anilines is 1. The van der Waals surface area contributed by atoms with Gasteiger partial charge in [0.2, 0.25) is 0 Å². The fraction of sp³-hybridized carbons (Fsp3) is 0.217. The SMILES string of the molecule is O=C(Nc1ccccc1C(=O)c1ccccc1)c1ccc(CN2CCCC2)o1. The Balaban J connectivity index is 1.49. The van der Waals surface area contributed by atoms with Crippen molar-refractivity contribution >= 4 is 17.4 Å². The highest BCUT2D eigenvalue weighted by Crippen LogP contribution is 2.21. The van der Waals surface area contributed by atoms with Gasteiger partial charge in [0.05, 0.1) is 12.2 Å². The third kappa shape index (κ3) is 4.05. The van der Waals surface area contributed by atoms with Crippen molar-refractivity contribution in [2.24, 2.45) is 0 Å². The molecule has 0 bridgehead atoms. The summed E-state index contributed by atoms with van der Waals surface area (Å²) in [6.45, 7) is 2.85. The van der Waals surface area contributed by atoms with Crippen molar-refractivity contribution in [3.05, 3.63) is 89.4 Å². The first-order valence-electron chi connectivity index (χ1n) is 9.52. The van der Waals surface area contributed by atoms with Crippen LogP contribution < -0.4 is 5.32 Å². The largest absolute Gasteiger partial charge is 0.455 e. The molecule has 5 heteroatoms.